The van der Waals surface area contributed by atoms with Crippen molar-refractivity contribution >= 4 is 44.0 Å². The number of hydrogen-bond acceptors (Lipinski definition) is 11. The third-order valence-electron chi connectivity index (χ3n) is 6.65. The van der Waals surface area contributed by atoms with Gasteiger partial charge in [-0.05, 0) is 45.7 Å². The van der Waals surface area contributed by atoms with Crippen molar-refractivity contribution in [1.82, 2.24) is 15.2 Å². The molecule has 2 amide bonds. The lowest BCUT2D eigenvalue weighted by molar-refractivity contribution is -0.110. The molecule has 41 heavy (non-hydrogen) atoms. The summed E-state index contributed by atoms with van der Waals surface area (Å²) in [5.41, 5.74) is -0.0986. The summed E-state index contributed by atoms with van der Waals surface area (Å²) >= 11 is 1.34. The van der Waals surface area contributed by atoms with Crippen molar-refractivity contribution in [3.63, 3.8) is 0 Å². The van der Waals surface area contributed by atoms with Gasteiger partial charge in [-0.3, -0.25) is 15.0 Å². The maximum Gasteiger partial charge on any atom is 0.407 e. The molecule has 2 aromatic rings. The molecule has 1 atom stereocenters. The Morgan fingerprint density at radius 2 is 1.90 bits per heavy atom. The number of anilines is 1. The van der Waals surface area contributed by atoms with Crippen LogP contribution in [-0.4, -0.2) is 85.3 Å². The summed E-state index contributed by atoms with van der Waals surface area (Å²) in [7, 11) is -3.35. The molecule has 12 nitrogen and oxygen atoms in total. The third kappa shape index (κ3) is 7.82. The minimum Gasteiger partial charge on any atom is -0.444 e. The number of likely N-dealkylation sites (tertiary alicyclic amines) is 1. The molecule has 3 heterocycles. The second kappa shape index (κ2) is 12.0. The fourth-order valence-corrected chi connectivity index (χ4v) is 6.91. The topological polar surface area (TPSA) is 149 Å². The van der Waals surface area contributed by atoms with Gasteiger partial charge in [-0.2, -0.15) is 0 Å². The number of thiazole rings is 1. The van der Waals surface area contributed by atoms with E-state index in [-0.39, 0.29) is 28.0 Å². The molecule has 2 saturated heterocycles. The van der Waals surface area contributed by atoms with Gasteiger partial charge in [-0.1, -0.05) is 17.3 Å². The number of sulfone groups is 1. The summed E-state index contributed by atoms with van der Waals surface area (Å²) in [6.45, 7) is 8.42. The van der Waals surface area contributed by atoms with Crippen LogP contribution in [0.3, 0.4) is 0 Å². The Bertz CT molecular complexity index is 1390. The van der Waals surface area contributed by atoms with E-state index >= 15 is 0 Å². The first-order chi connectivity index (χ1) is 19.5. The molecule has 1 saturated carbocycles. The molecule has 14 heteroatoms. The van der Waals surface area contributed by atoms with Crippen molar-refractivity contribution in [2.24, 2.45) is 5.16 Å². The highest BCUT2D eigenvalue weighted by molar-refractivity contribution is 7.92. The highest BCUT2D eigenvalue weighted by Gasteiger charge is 2.37. The molecule has 3 aliphatic rings. The summed E-state index contributed by atoms with van der Waals surface area (Å²) in [5.74, 6) is -0.520. The predicted molar refractivity (Wildman–Crippen MR) is 153 cm³/mol. The minimum absolute atomic E-state index is 0.0165. The number of carbonyl (C=O) groups is 2. The van der Waals surface area contributed by atoms with Crippen LogP contribution in [0.4, 0.5) is 9.93 Å². The number of aromatic nitrogens is 1. The van der Waals surface area contributed by atoms with Crippen LogP contribution in [0.1, 0.15) is 50.5 Å². The minimum atomic E-state index is -3.35. The number of rotatable bonds is 10. The second-order valence-corrected chi connectivity index (χ2v) is 14.8. The van der Waals surface area contributed by atoms with Crippen LogP contribution in [0.25, 0.3) is 0 Å². The molecule has 2 N–H and O–H groups in total. The number of nitrogens with zero attached hydrogens (tertiary/aromatic N) is 3. The number of alkyl carbamates (subject to hydrolysis) is 1. The van der Waals surface area contributed by atoms with E-state index in [4.69, 9.17) is 14.3 Å². The zero-order chi connectivity index (χ0) is 29.2. The Morgan fingerprint density at radius 1 is 1.17 bits per heavy atom. The second-order valence-electron chi connectivity index (χ2n) is 11.4. The average molecular weight is 606 g/mol. The van der Waals surface area contributed by atoms with Crippen LogP contribution in [0.2, 0.25) is 0 Å². The maximum absolute atomic E-state index is 13.3. The Morgan fingerprint density at radius 3 is 2.54 bits per heavy atom. The molecular weight excluding hydrogens is 570 g/mol. The largest absolute Gasteiger partial charge is 0.444 e. The van der Waals surface area contributed by atoms with Crippen molar-refractivity contribution in [2.45, 2.75) is 74.5 Å². The zero-order valence-electron chi connectivity index (χ0n) is 23.3. The Balaban J connectivity index is 1.19. The van der Waals surface area contributed by atoms with Crippen LogP contribution in [-0.2, 0) is 35.5 Å². The number of hydrogen-bond donors (Lipinski definition) is 2. The van der Waals surface area contributed by atoms with E-state index in [9.17, 15) is 18.0 Å². The van der Waals surface area contributed by atoms with Crippen LogP contribution in [0, 0.1) is 0 Å². The smallest absolute Gasteiger partial charge is 0.407 e. The van der Waals surface area contributed by atoms with Gasteiger partial charge in [-0.15, -0.1) is 11.3 Å². The summed E-state index contributed by atoms with van der Waals surface area (Å²) < 4.78 is 35.8. The van der Waals surface area contributed by atoms with Crippen molar-refractivity contribution in [3.05, 3.63) is 40.9 Å². The van der Waals surface area contributed by atoms with Crippen molar-refractivity contribution in [2.75, 3.05) is 31.6 Å². The first-order valence-corrected chi connectivity index (χ1v) is 16.0. The lowest BCUT2D eigenvalue weighted by atomic mass is 10.1. The number of ether oxygens (including phenoxy) is 2. The third-order valence-corrected chi connectivity index (χ3v) is 9.82. The van der Waals surface area contributed by atoms with Gasteiger partial charge < -0.3 is 19.6 Å². The van der Waals surface area contributed by atoms with Crippen molar-refractivity contribution < 1.29 is 32.3 Å². The van der Waals surface area contributed by atoms with Gasteiger partial charge >= 0.3 is 6.09 Å². The molecule has 1 aromatic heterocycles. The highest BCUT2D eigenvalue weighted by Crippen LogP contribution is 2.33. The molecule has 222 valence electrons. The van der Waals surface area contributed by atoms with Gasteiger partial charge in [0.25, 0.3) is 5.91 Å². The molecule has 0 unspecified atom stereocenters. The molecule has 2 aliphatic heterocycles. The van der Waals surface area contributed by atoms with E-state index in [1.165, 1.54) is 23.5 Å². The molecule has 5 rings (SSSR count). The van der Waals surface area contributed by atoms with E-state index < -0.39 is 27.4 Å². The van der Waals surface area contributed by atoms with E-state index in [0.717, 1.165) is 4.88 Å². The van der Waals surface area contributed by atoms with Gasteiger partial charge in [0, 0.05) is 42.7 Å². The first-order valence-electron chi connectivity index (χ1n) is 13.6. The molecule has 1 aromatic carbocycles. The number of benzene rings is 1. The van der Waals surface area contributed by atoms with Gasteiger partial charge in [0.2, 0.25) is 0 Å². The summed E-state index contributed by atoms with van der Waals surface area (Å²) in [4.78, 5) is 38.5. The van der Waals surface area contributed by atoms with E-state index in [1.807, 2.05) is 20.8 Å². The van der Waals surface area contributed by atoms with Crippen LogP contribution >= 0.6 is 11.3 Å². The Labute approximate surface area is 243 Å². The SMILES string of the molecule is CC(C)(C)OC(=O)NC1CN(Cc2cnc(NC(=O)/C(=N/O[C@@H]3CCOC3)c3ccc(S(=O)(=O)C4CC4)cc3)s2)C1. The quantitative estimate of drug-likeness (QED) is 0.308. The molecular formula is C27H35N5O7S2. The maximum atomic E-state index is 13.3. The normalized spacial score (nSPS) is 20.4. The summed E-state index contributed by atoms with van der Waals surface area (Å²) in [6.07, 6.45) is 3.03. The Hall–Kier alpha value is -3.07. The fourth-order valence-electron chi connectivity index (χ4n) is 4.40. The highest BCUT2D eigenvalue weighted by atomic mass is 32.2. The number of nitrogens with one attached hydrogen (secondary N) is 2. The number of carbonyl (C=O) groups excluding carboxylic acids is 2. The predicted octanol–water partition coefficient (Wildman–Crippen LogP) is 2.94. The van der Waals surface area contributed by atoms with E-state index in [1.54, 1.807) is 18.3 Å². The van der Waals surface area contributed by atoms with Crippen LogP contribution < -0.4 is 10.6 Å². The lowest BCUT2D eigenvalue weighted by Gasteiger charge is -2.39. The van der Waals surface area contributed by atoms with Crippen LogP contribution in [0.5, 0.6) is 0 Å². The number of amides is 2. The molecule has 1 aliphatic carbocycles. The molecule has 0 spiro atoms. The summed E-state index contributed by atoms with van der Waals surface area (Å²) in [5, 5.41) is 9.88. The number of oxime groups is 1. The van der Waals surface area contributed by atoms with Gasteiger partial charge in [0.1, 0.15) is 5.60 Å². The van der Waals surface area contributed by atoms with Crippen molar-refractivity contribution in [1.29, 1.82) is 0 Å². The lowest BCUT2D eigenvalue weighted by Crippen LogP contribution is -2.59. The fraction of sp³-hybridized carbons (Fsp3) is 0.556. The molecule has 3 fully saturated rings. The first kappa shape index (κ1) is 29.4. The monoisotopic (exact) mass is 605 g/mol. The van der Waals surface area contributed by atoms with Crippen LogP contribution in [0.15, 0.2) is 40.5 Å². The van der Waals surface area contributed by atoms with Crippen molar-refractivity contribution in [3.8, 4) is 0 Å². The zero-order valence-corrected chi connectivity index (χ0v) is 24.9. The van der Waals surface area contributed by atoms with E-state index in [2.05, 4.69) is 25.7 Å². The standard InChI is InChI=1S/C27H35N5O7S2/c1-27(2,3)38-26(34)29-18-13-32(14-18)15-20-12-28-25(40-20)30-24(33)23(31-39-19-10-11-37-16-19)17-4-6-21(7-5-17)41(35,36)22-8-9-22/h4-7,12,18-19,22H,8-11,13-16H2,1-3H3,(H,29,34)(H,28,30,33)/b31-23+/t19-/m1/s1. The van der Waals surface area contributed by atoms with E-state index in [0.29, 0.717) is 62.8 Å². The van der Waals surface area contributed by atoms with Gasteiger partial charge in [-0.25, -0.2) is 18.2 Å². The molecule has 0 radical (unpaired) electrons. The molecule has 0 bridgehead atoms. The van der Waals surface area contributed by atoms with Gasteiger partial charge in [0.15, 0.2) is 26.8 Å². The van der Waals surface area contributed by atoms with Gasteiger partial charge in [0.05, 0.1) is 29.4 Å². The Kier molecular flexibility index (Phi) is 8.64. The average Bonchev–Trinajstić information content (AvgIpc) is 3.46. The summed E-state index contributed by atoms with van der Waals surface area (Å²) in [6, 6.07) is 6.17.